The van der Waals surface area contributed by atoms with Gasteiger partial charge in [0, 0.05) is 5.39 Å². The molecule has 2 aromatic rings. The van der Waals surface area contributed by atoms with Gasteiger partial charge in [-0.1, -0.05) is 23.0 Å². The number of carbonyl (C=O) groups is 2. The Morgan fingerprint density at radius 1 is 1.33 bits per heavy atom. The van der Waals surface area contributed by atoms with E-state index in [1.165, 1.54) is 6.20 Å². The highest BCUT2D eigenvalue weighted by molar-refractivity contribution is 6.31. The fraction of sp³-hybridized carbons (Fsp3) is 0. The first-order chi connectivity index (χ1) is 7.18. The lowest BCUT2D eigenvalue weighted by Crippen LogP contribution is -2.33. The molecule has 0 aliphatic heterocycles. The van der Waals surface area contributed by atoms with Crippen LogP contribution >= 0.6 is 0 Å². The third kappa shape index (κ3) is 1.64. The van der Waals surface area contributed by atoms with E-state index >= 15 is 0 Å². The van der Waals surface area contributed by atoms with Gasteiger partial charge in [0.05, 0.1) is 6.20 Å². The standard InChI is InChI=1S/C9H7N3O3/c10-8(13)9(14)15-12-7-4-2-1-3-6(7)5-11-12/h1-5H,(H2,10,13). The maximum atomic E-state index is 10.9. The first-order valence-corrected chi connectivity index (χ1v) is 4.13. The number of fused-ring (bicyclic) bond motifs is 1. The highest BCUT2D eigenvalue weighted by Gasteiger charge is 2.13. The van der Waals surface area contributed by atoms with Gasteiger partial charge < -0.3 is 10.6 Å². The summed E-state index contributed by atoms with van der Waals surface area (Å²) in [5.74, 6) is -2.31. The van der Waals surface area contributed by atoms with Crippen molar-refractivity contribution < 1.29 is 14.4 Å². The summed E-state index contributed by atoms with van der Waals surface area (Å²) in [5, 5.41) is 4.58. The molecule has 1 amide bonds. The van der Waals surface area contributed by atoms with Crippen LogP contribution in [0.3, 0.4) is 0 Å². The minimum absolute atomic E-state index is 0.590. The maximum absolute atomic E-state index is 10.9. The summed E-state index contributed by atoms with van der Waals surface area (Å²) in [5.41, 5.74) is 5.33. The summed E-state index contributed by atoms with van der Waals surface area (Å²) >= 11 is 0. The Labute approximate surface area is 84.2 Å². The Morgan fingerprint density at radius 3 is 2.80 bits per heavy atom. The highest BCUT2D eigenvalue weighted by atomic mass is 16.7. The number of para-hydroxylation sites is 1. The smallest absolute Gasteiger partial charge is 0.360 e. The Kier molecular flexibility index (Phi) is 2.09. The van der Waals surface area contributed by atoms with Crippen LogP contribution in [0.4, 0.5) is 0 Å². The van der Waals surface area contributed by atoms with Gasteiger partial charge in [-0.3, -0.25) is 4.79 Å². The normalized spacial score (nSPS) is 10.1. The molecule has 0 fully saturated rings. The first kappa shape index (κ1) is 9.20. The summed E-state index contributed by atoms with van der Waals surface area (Å²) < 4.78 is 0. The van der Waals surface area contributed by atoms with Gasteiger partial charge in [0.1, 0.15) is 5.52 Å². The molecule has 0 aliphatic rings. The molecule has 0 saturated carbocycles. The van der Waals surface area contributed by atoms with Crippen LogP contribution in [0.2, 0.25) is 0 Å². The van der Waals surface area contributed by atoms with Gasteiger partial charge in [-0.2, -0.15) is 0 Å². The molecule has 1 heterocycles. The van der Waals surface area contributed by atoms with Crippen molar-refractivity contribution in [2.45, 2.75) is 0 Å². The van der Waals surface area contributed by atoms with E-state index in [0.29, 0.717) is 5.52 Å². The molecule has 2 rings (SSSR count). The number of hydrogen-bond donors (Lipinski definition) is 1. The van der Waals surface area contributed by atoms with E-state index < -0.39 is 11.9 Å². The molecule has 6 nitrogen and oxygen atoms in total. The second kappa shape index (κ2) is 3.41. The van der Waals surface area contributed by atoms with Crippen LogP contribution in [-0.4, -0.2) is 21.8 Å². The number of benzene rings is 1. The molecule has 0 saturated heterocycles. The van der Waals surface area contributed by atoms with Crippen LogP contribution in [0, 0.1) is 0 Å². The Morgan fingerprint density at radius 2 is 2.07 bits per heavy atom. The van der Waals surface area contributed by atoms with Gasteiger partial charge in [0.25, 0.3) is 0 Å². The van der Waals surface area contributed by atoms with E-state index in [9.17, 15) is 9.59 Å². The van der Waals surface area contributed by atoms with Crippen molar-refractivity contribution in [1.82, 2.24) is 9.94 Å². The third-order valence-corrected chi connectivity index (χ3v) is 1.82. The van der Waals surface area contributed by atoms with Crippen molar-refractivity contribution in [2.75, 3.05) is 0 Å². The zero-order valence-electron chi connectivity index (χ0n) is 7.58. The lowest BCUT2D eigenvalue weighted by molar-refractivity contribution is -0.154. The Bertz CT molecular complexity index is 532. The summed E-state index contributed by atoms with van der Waals surface area (Å²) in [6.07, 6.45) is 1.52. The van der Waals surface area contributed by atoms with Crippen molar-refractivity contribution >= 4 is 22.8 Å². The molecule has 0 radical (unpaired) electrons. The molecule has 2 N–H and O–H groups in total. The van der Waals surface area contributed by atoms with Gasteiger partial charge >= 0.3 is 11.9 Å². The number of carbonyl (C=O) groups excluding carboxylic acids is 2. The SMILES string of the molecule is NC(=O)C(=O)On1ncc2ccccc21. The minimum atomic E-state index is -1.16. The number of nitrogens with two attached hydrogens (primary N) is 1. The van der Waals surface area contributed by atoms with E-state index in [0.717, 1.165) is 10.2 Å². The van der Waals surface area contributed by atoms with Crippen molar-refractivity contribution in [1.29, 1.82) is 0 Å². The molecule has 0 spiro atoms. The molecule has 0 unspecified atom stereocenters. The topological polar surface area (TPSA) is 87.2 Å². The fourth-order valence-corrected chi connectivity index (χ4v) is 1.14. The lowest BCUT2D eigenvalue weighted by atomic mass is 10.3. The second-order valence-corrected chi connectivity index (χ2v) is 2.82. The van der Waals surface area contributed by atoms with Gasteiger partial charge in [-0.15, -0.1) is 5.10 Å². The predicted octanol–water partition coefficient (Wildman–Crippen LogP) is -0.523. The van der Waals surface area contributed by atoms with E-state index in [1.54, 1.807) is 18.2 Å². The third-order valence-electron chi connectivity index (χ3n) is 1.82. The predicted molar refractivity (Wildman–Crippen MR) is 50.5 cm³/mol. The number of nitrogens with zero attached hydrogens (tertiary/aromatic N) is 2. The van der Waals surface area contributed by atoms with Crippen LogP contribution in [0.1, 0.15) is 0 Å². The van der Waals surface area contributed by atoms with Crippen molar-refractivity contribution in [3.8, 4) is 0 Å². The lowest BCUT2D eigenvalue weighted by Gasteiger charge is -2.00. The van der Waals surface area contributed by atoms with Crippen LogP contribution in [0.5, 0.6) is 0 Å². The highest BCUT2D eigenvalue weighted by Crippen LogP contribution is 2.10. The van der Waals surface area contributed by atoms with Crippen LogP contribution in [0.15, 0.2) is 30.5 Å². The molecule has 1 aromatic heterocycles. The Hall–Kier alpha value is -2.37. The molecule has 0 atom stereocenters. The monoisotopic (exact) mass is 205 g/mol. The van der Waals surface area contributed by atoms with Gasteiger partial charge in [0.2, 0.25) is 0 Å². The van der Waals surface area contributed by atoms with E-state index in [4.69, 9.17) is 5.73 Å². The average Bonchev–Trinajstić information content (AvgIpc) is 2.62. The number of primary amides is 1. The fourth-order valence-electron chi connectivity index (χ4n) is 1.14. The molecule has 76 valence electrons. The summed E-state index contributed by atoms with van der Waals surface area (Å²) in [7, 11) is 0. The zero-order valence-corrected chi connectivity index (χ0v) is 7.58. The van der Waals surface area contributed by atoms with Gasteiger partial charge in [-0.05, 0) is 6.07 Å². The summed E-state index contributed by atoms with van der Waals surface area (Å²) in [6, 6.07) is 7.09. The number of amides is 1. The number of hydrogen-bond acceptors (Lipinski definition) is 4. The zero-order chi connectivity index (χ0) is 10.8. The summed E-state index contributed by atoms with van der Waals surface area (Å²) in [4.78, 5) is 26.9. The first-order valence-electron chi connectivity index (χ1n) is 4.13. The van der Waals surface area contributed by atoms with E-state index in [1.807, 2.05) is 6.07 Å². The van der Waals surface area contributed by atoms with E-state index in [-0.39, 0.29) is 0 Å². The van der Waals surface area contributed by atoms with Gasteiger partial charge in [-0.25, -0.2) is 4.79 Å². The van der Waals surface area contributed by atoms with Crippen LogP contribution in [0.25, 0.3) is 10.9 Å². The second-order valence-electron chi connectivity index (χ2n) is 2.82. The quantitative estimate of drug-likeness (QED) is 0.634. The van der Waals surface area contributed by atoms with Crippen molar-refractivity contribution in [2.24, 2.45) is 5.73 Å². The molecule has 0 bridgehead atoms. The molecular formula is C9H7N3O3. The maximum Gasteiger partial charge on any atom is 0.422 e. The van der Waals surface area contributed by atoms with Gasteiger partial charge in [0.15, 0.2) is 0 Å². The minimum Gasteiger partial charge on any atom is -0.360 e. The summed E-state index contributed by atoms with van der Waals surface area (Å²) in [6.45, 7) is 0. The average molecular weight is 205 g/mol. The van der Waals surface area contributed by atoms with Crippen molar-refractivity contribution in [3.63, 3.8) is 0 Å². The van der Waals surface area contributed by atoms with Crippen molar-refractivity contribution in [3.05, 3.63) is 30.5 Å². The molecule has 0 aliphatic carbocycles. The van der Waals surface area contributed by atoms with Crippen LogP contribution < -0.4 is 10.6 Å². The largest absolute Gasteiger partial charge is 0.422 e. The van der Waals surface area contributed by atoms with Crippen LogP contribution in [-0.2, 0) is 9.59 Å². The number of rotatable bonds is 1. The molecular weight excluding hydrogens is 198 g/mol. The Balaban J connectivity index is 2.37. The molecule has 15 heavy (non-hydrogen) atoms. The molecule has 1 aromatic carbocycles. The molecule has 6 heteroatoms. The van der Waals surface area contributed by atoms with E-state index in [2.05, 4.69) is 9.94 Å². The number of aromatic nitrogens is 2.